The average Bonchev–Trinajstić information content (AvgIpc) is 3.36. The van der Waals surface area contributed by atoms with Crippen molar-refractivity contribution in [2.24, 2.45) is 73.7 Å². The molecule has 11 atom stereocenters. The van der Waals surface area contributed by atoms with E-state index in [9.17, 15) is 29.4 Å². The van der Waals surface area contributed by atoms with Gasteiger partial charge < -0.3 is 31.3 Å². The zero-order valence-corrected chi connectivity index (χ0v) is 33.8. The topological polar surface area (TPSA) is 168 Å². The lowest BCUT2D eigenvalue weighted by Gasteiger charge is -2.72. The predicted molar refractivity (Wildman–Crippen MR) is 201 cm³/mol. The molecular weight excluding hydrogens is 670 g/mol. The molecule has 5 saturated carbocycles. The van der Waals surface area contributed by atoms with Gasteiger partial charge in [-0.2, -0.15) is 0 Å². The van der Waals surface area contributed by atoms with Gasteiger partial charge in [0.25, 0.3) is 0 Å². The number of carbonyl (C=O) groups excluding carboxylic acids is 3. The number of rotatable bonds is 8. The predicted octanol–water partition coefficient (Wildman–Crippen LogP) is 5.40. The Balaban J connectivity index is 1.14. The lowest BCUT2D eigenvalue weighted by atomic mass is 9.33. The number of nitrogens with two attached hydrogens (primary N) is 1. The standard InChI is InChI=1S/C43H67N3O7/c1-23(2)32-27(47)19-42(30(48)20-46-36(52)43(44)21-45-22-43)17-16-40(8)24(33(32)42)10-11-29-39(7)14-13-31(38(5,6)28(39)12-15-41(29,40)9)53-35(51)26-18-25(34(49)50)37(26,3)4/h23-26,28-31,45,48H,10-22,44H2,1-9H3,(H,46,52)(H,49,50)/t24-,25+,26-,28+,29-,30+,31+,39+,40-,41-,42+/m1/s1. The fourth-order valence-corrected chi connectivity index (χ4v) is 14.4. The third-order valence-electron chi connectivity index (χ3n) is 18.0. The molecule has 1 saturated heterocycles. The smallest absolute Gasteiger partial charge is 0.309 e. The van der Waals surface area contributed by atoms with Gasteiger partial charge in [-0.3, -0.25) is 19.2 Å². The van der Waals surface area contributed by atoms with Gasteiger partial charge in [-0.05, 0) is 109 Å². The summed E-state index contributed by atoms with van der Waals surface area (Å²) in [7, 11) is 0. The number of ketones is 1. The van der Waals surface area contributed by atoms with Crippen molar-refractivity contribution >= 4 is 23.6 Å². The maximum Gasteiger partial charge on any atom is 0.309 e. The molecule has 0 unspecified atom stereocenters. The number of Topliss-reactive ketones (excluding diaryl/α,β-unsaturated/α-hetero) is 1. The van der Waals surface area contributed by atoms with Crippen LogP contribution in [0, 0.1) is 68.0 Å². The van der Waals surface area contributed by atoms with Crippen LogP contribution < -0.4 is 16.4 Å². The van der Waals surface area contributed by atoms with Crippen molar-refractivity contribution in [3.8, 4) is 0 Å². The first-order valence-corrected chi connectivity index (χ1v) is 20.7. The highest BCUT2D eigenvalue weighted by Gasteiger charge is 2.71. The number of aliphatic carboxylic acids is 1. The van der Waals surface area contributed by atoms with Gasteiger partial charge in [0.15, 0.2) is 5.78 Å². The third kappa shape index (κ3) is 5.25. The number of carboxylic acids is 1. The van der Waals surface area contributed by atoms with Crippen molar-refractivity contribution < 1.29 is 34.1 Å². The van der Waals surface area contributed by atoms with E-state index >= 15 is 0 Å². The maximum atomic E-state index is 14.0. The highest BCUT2D eigenvalue weighted by Crippen LogP contribution is 2.77. The molecule has 0 bridgehead atoms. The zero-order chi connectivity index (χ0) is 38.9. The van der Waals surface area contributed by atoms with Crippen LogP contribution in [-0.2, 0) is 23.9 Å². The highest BCUT2D eigenvalue weighted by atomic mass is 16.5. The number of hydrogen-bond acceptors (Lipinski definition) is 8. The van der Waals surface area contributed by atoms with Gasteiger partial charge in [0.2, 0.25) is 5.91 Å². The lowest BCUT2D eigenvalue weighted by Crippen LogP contribution is -2.73. The van der Waals surface area contributed by atoms with E-state index in [1.54, 1.807) is 0 Å². The van der Waals surface area contributed by atoms with Crippen molar-refractivity contribution in [1.82, 2.24) is 10.6 Å². The molecule has 0 aromatic rings. The Kier molecular flexibility index (Phi) is 9.08. The molecule has 296 valence electrons. The van der Waals surface area contributed by atoms with Gasteiger partial charge >= 0.3 is 11.9 Å². The Morgan fingerprint density at radius 1 is 0.887 bits per heavy atom. The van der Waals surface area contributed by atoms with Gasteiger partial charge in [0.05, 0.1) is 17.9 Å². The minimum atomic E-state index is -0.952. The van der Waals surface area contributed by atoms with Crippen LogP contribution in [0.4, 0.5) is 0 Å². The van der Waals surface area contributed by atoms with E-state index < -0.39 is 40.3 Å². The Morgan fingerprint density at radius 2 is 1.57 bits per heavy atom. The molecule has 1 heterocycles. The van der Waals surface area contributed by atoms with Gasteiger partial charge in [0, 0.05) is 36.9 Å². The first-order chi connectivity index (χ1) is 24.5. The molecule has 1 amide bonds. The first kappa shape index (κ1) is 39.0. The molecule has 1 aliphatic heterocycles. The molecule has 0 aromatic carbocycles. The summed E-state index contributed by atoms with van der Waals surface area (Å²) in [5.74, 6) is -1.04. The first-order valence-electron chi connectivity index (χ1n) is 20.7. The SMILES string of the molecule is CC(C)C1=C2[C@H]3CC[C@@H]4[C@@]5(C)CC[C@H](OC(=O)[C@H]6C[C@@H](C(=O)O)C6(C)C)C(C)(C)[C@@H]5CC[C@@]4(C)[C@]3(C)CC[C@@]2([C@@H](O)CNC(=O)C2(N)CNC2)CC1=O. The number of aliphatic hydroxyl groups excluding tert-OH is 1. The van der Waals surface area contributed by atoms with E-state index in [1.165, 1.54) is 5.57 Å². The molecule has 10 heteroatoms. The number of aliphatic hydroxyl groups is 1. The molecule has 10 nitrogen and oxygen atoms in total. The molecule has 6 N–H and O–H groups in total. The van der Waals surface area contributed by atoms with Crippen LogP contribution in [0.25, 0.3) is 0 Å². The Bertz CT molecular complexity index is 1610. The number of hydrogen-bond donors (Lipinski definition) is 5. The molecule has 6 fully saturated rings. The Labute approximate surface area is 316 Å². The second-order valence-corrected chi connectivity index (χ2v) is 21.1. The van der Waals surface area contributed by atoms with Gasteiger partial charge in [-0.1, -0.05) is 67.9 Å². The number of esters is 1. The second-order valence-electron chi connectivity index (χ2n) is 21.1. The van der Waals surface area contributed by atoms with Crippen LogP contribution in [0.1, 0.15) is 127 Å². The van der Waals surface area contributed by atoms with Crippen molar-refractivity contribution in [3.05, 3.63) is 11.1 Å². The van der Waals surface area contributed by atoms with E-state index in [0.717, 1.165) is 56.9 Å². The second kappa shape index (κ2) is 12.3. The van der Waals surface area contributed by atoms with Crippen molar-refractivity contribution in [3.63, 3.8) is 0 Å². The number of ether oxygens (including phenoxy) is 1. The molecule has 0 aromatic heterocycles. The third-order valence-corrected chi connectivity index (χ3v) is 18.0. The summed E-state index contributed by atoms with van der Waals surface area (Å²) in [6.07, 6.45) is 7.08. The molecule has 7 rings (SSSR count). The minimum Gasteiger partial charge on any atom is -0.481 e. The van der Waals surface area contributed by atoms with Crippen molar-refractivity contribution in [2.75, 3.05) is 19.6 Å². The number of allylic oxidation sites excluding steroid dienone is 1. The van der Waals surface area contributed by atoms with E-state index in [1.807, 2.05) is 13.8 Å². The zero-order valence-electron chi connectivity index (χ0n) is 33.8. The van der Waals surface area contributed by atoms with Crippen LogP contribution in [0.5, 0.6) is 0 Å². The normalized spacial score (nSPS) is 44.0. The van der Waals surface area contributed by atoms with Crippen molar-refractivity contribution in [2.45, 2.75) is 144 Å². The molecule has 53 heavy (non-hydrogen) atoms. The summed E-state index contributed by atoms with van der Waals surface area (Å²) in [5, 5.41) is 27.7. The number of carbonyl (C=O) groups is 4. The largest absolute Gasteiger partial charge is 0.481 e. The number of carboxylic acid groups (broad SMARTS) is 1. The number of amides is 1. The van der Waals surface area contributed by atoms with Crippen LogP contribution in [0.3, 0.4) is 0 Å². The fourth-order valence-electron chi connectivity index (χ4n) is 14.4. The lowest BCUT2D eigenvalue weighted by molar-refractivity contribution is -0.238. The molecule has 0 spiro atoms. The van der Waals surface area contributed by atoms with E-state index in [4.69, 9.17) is 10.5 Å². The summed E-state index contributed by atoms with van der Waals surface area (Å²) < 4.78 is 6.39. The highest BCUT2D eigenvalue weighted by molar-refractivity contribution is 6.01. The average molecular weight is 738 g/mol. The summed E-state index contributed by atoms with van der Waals surface area (Å²) in [5.41, 5.74) is 5.88. The maximum absolute atomic E-state index is 14.0. The van der Waals surface area contributed by atoms with Gasteiger partial charge in [-0.15, -0.1) is 0 Å². The van der Waals surface area contributed by atoms with E-state index in [-0.39, 0.29) is 63.8 Å². The number of fused-ring (bicyclic) bond motifs is 7. The summed E-state index contributed by atoms with van der Waals surface area (Å²) in [6.45, 7) is 21.0. The van der Waals surface area contributed by atoms with Gasteiger partial charge in [0.1, 0.15) is 11.6 Å². The van der Waals surface area contributed by atoms with Crippen LogP contribution in [0.15, 0.2) is 11.1 Å². The van der Waals surface area contributed by atoms with Crippen LogP contribution >= 0.6 is 0 Å². The van der Waals surface area contributed by atoms with Crippen molar-refractivity contribution in [1.29, 1.82) is 0 Å². The number of nitrogens with one attached hydrogen (secondary N) is 2. The molecule has 7 aliphatic rings. The quantitative estimate of drug-likeness (QED) is 0.205. The van der Waals surface area contributed by atoms with Gasteiger partial charge in [-0.25, -0.2) is 0 Å². The van der Waals surface area contributed by atoms with Crippen LogP contribution in [-0.4, -0.2) is 71.2 Å². The summed E-state index contributed by atoms with van der Waals surface area (Å²) in [6, 6.07) is 0. The van der Waals surface area contributed by atoms with E-state index in [2.05, 4.69) is 59.1 Å². The van der Waals surface area contributed by atoms with E-state index in [0.29, 0.717) is 37.8 Å². The minimum absolute atomic E-state index is 0.0117. The fraction of sp³-hybridized carbons (Fsp3) is 0.860. The molecule has 0 radical (unpaired) electrons. The monoisotopic (exact) mass is 737 g/mol. The van der Waals surface area contributed by atoms with Crippen LogP contribution in [0.2, 0.25) is 0 Å². The Hall–Kier alpha value is -2.30. The Morgan fingerprint density at radius 3 is 2.15 bits per heavy atom. The summed E-state index contributed by atoms with van der Waals surface area (Å²) in [4.78, 5) is 52.3. The molecular formula is C43H67N3O7. The molecule has 6 aliphatic carbocycles. The summed E-state index contributed by atoms with van der Waals surface area (Å²) >= 11 is 0.